The van der Waals surface area contributed by atoms with Gasteiger partial charge in [-0.05, 0) is 37.9 Å². The topological polar surface area (TPSA) is 18.5 Å². The standard InChI is InChI=1S/C15H33N3/c1-14(2)12-16-6-5-7-17-8-10-18(11-9-17)13-15(3)4/h14-16H,5-13H2,1-4H3. The van der Waals surface area contributed by atoms with Gasteiger partial charge in [-0.3, -0.25) is 0 Å². The van der Waals surface area contributed by atoms with Crippen molar-refractivity contribution < 1.29 is 0 Å². The van der Waals surface area contributed by atoms with Crippen LogP contribution in [0.15, 0.2) is 0 Å². The number of nitrogens with zero attached hydrogens (tertiary/aromatic N) is 2. The highest BCUT2D eigenvalue weighted by Crippen LogP contribution is 2.05. The summed E-state index contributed by atoms with van der Waals surface area (Å²) >= 11 is 0. The molecular formula is C15H33N3. The van der Waals surface area contributed by atoms with Crippen LogP contribution in [0.4, 0.5) is 0 Å². The van der Waals surface area contributed by atoms with E-state index < -0.39 is 0 Å². The number of hydrogen-bond donors (Lipinski definition) is 1. The van der Waals surface area contributed by atoms with Crippen LogP contribution in [0, 0.1) is 11.8 Å². The number of piperazine rings is 1. The van der Waals surface area contributed by atoms with Crippen molar-refractivity contribution in [1.29, 1.82) is 0 Å². The first-order valence-electron chi connectivity index (χ1n) is 7.73. The summed E-state index contributed by atoms with van der Waals surface area (Å²) < 4.78 is 0. The Hall–Kier alpha value is -0.120. The van der Waals surface area contributed by atoms with Crippen LogP contribution in [-0.2, 0) is 0 Å². The van der Waals surface area contributed by atoms with Gasteiger partial charge in [-0.2, -0.15) is 0 Å². The Morgan fingerprint density at radius 1 is 0.889 bits per heavy atom. The summed E-state index contributed by atoms with van der Waals surface area (Å²) in [5.74, 6) is 1.57. The molecule has 0 aromatic carbocycles. The summed E-state index contributed by atoms with van der Waals surface area (Å²) in [4.78, 5) is 5.23. The van der Waals surface area contributed by atoms with Gasteiger partial charge in [-0.1, -0.05) is 27.7 Å². The second-order valence-electron chi connectivity index (χ2n) is 6.49. The quantitative estimate of drug-likeness (QED) is 0.668. The fraction of sp³-hybridized carbons (Fsp3) is 1.00. The summed E-state index contributed by atoms with van der Waals surface area (Å²) in [5.41, 5.74) is 0. The number of nitrogens with one attached hydrogen (secondary N) is 1. The largest absolute Gasteiger partial charge is 0.316 e. The van der Waals surface area contributed by atoms with Crippen molar-refractivity contribution in [2.24, 2.45) is 11.8 Å². The van der Waals surface area contributed by atoms with E-state index >= 15 is 0 Å². The molecule has 1 fully saturated rings. The van der Waals surface area contributed by atoms with Gasteiger partial charge in [0.1, 0.15) is 0 Å². The highest BCUT2D eigenvalue weighted by molar-refractivity contribution is 4.72. The molecule has 1 aliphatic heterocycles. The van der Waals surface area contributed by atoms with Crippen LogP contribution in [0.25, 0.3) is 0 Å². The van der Waals surface area contributed by atoms with Gasteiger partial charge in [-0.25, -0.2) is 0 Å². The van der Waals surface area contributed by atoms with Gasteiger partial charge in [0.25, 0.3) is 0 Å². The van der Waals surface area contributed by atoms with Crippen LogP contribution < -0.4 is 5.32 Å². The van der Waals surface area contributed by atoms with E-state index in [2.05, 4.69) is 42.8 Å². The van der Waals surface area contributed by atoms with E-state index in [1.807, 2.05) is 0 Å². The lowest BCUT2D eigenvalue weighted by molar-refractivity contribution is 0.121. The van der Waals surface area contributed by atoms with Crippen molar-refractivity contribution in [2.45, 2.75) is 34.1 Å². The van der Waals surface area contributed by atoms with E-state index in [1.54, 1.807) is 0 Å². The Bertz CT molecular complexity index is 196. The molecule has 0 atom stereocenters. The maximum absolute atomic E-state index is 3.52. The van der Waals surface area contributed by atoms with Crippen LogP contribution in [0.5, 0.6) is 0 Å². The van der Waals surface area contributed by atoms with E-state index in [0.29, 0.717) is 0 Å². The first-order chi connectivity index (χ1) is 8.58. The summed E-state index contributed by atoms with van der Waals surface area (Å²) in [6.45, 7) is 19.1. The van der Waals surface area contributed by atoms with Gasteiger partial charge in [0.2, 0.25) is 0 Å². The molecule has 0 bridgehead atoms. The van der Waals surface area contributed by atoms with Crippen molar-refractivity contribution in [3.63, 3.8) is 0 Å². The summed E-state index contributed by atoms with van der Waals surface area (Å²) in [6, 6.07) is 0. The molecule has 3 nitrogen and oxygen atoms in total. The molecular weight excluding hydrogens is 222 g/mol. The monoisotopic (exact) mass is 255 g/mol. The lowest BCUT2D eigenvalue weighted by atomic mass is 10.2. The fourth-order valence-corrected chi connectivity index (χ4v) is 2.53. The molecule has 18 heavy (non-hydrogen) atoms. The average molecular weight is 255 g/mol. The molecule has 1 aliphatic rings. The van der Waals surface area contributed by atoms with Gasteiger partial charge in [0, 0.05) is 32.7 Å². The Labute approximate surface area is 114 Å². The van der Waals surface area contributed by atoms with Gasteiger partial charge < -0.3 is 15.1 Å². The molecule has 3 heteroatoms. The fourth-order valence-electron chi connectivity index (χ4n) is 2.53. The minimum atomic E-state index is 0.768. The van der Waals surface area contributed by atoms with Gasteiger partial charge in [-0.15, -0.1) is 0 Å². The van der Waals surface area contributed by atoms with Gasteiger partial charge in [0.15, 0.2) is 0 Å². The van der Waals surface area contributed by atoms with Gasteiger partial charge in [0.05, 0.1) is 0 Å². The third-order valence-electron chi connectivity index (χ3n) is 3.47. The minimum absolute atomic E-state index is 0.768. The predicted molar refractivity (Wildman–Crippen MR) is 80.0 cm³/mol. The molecule has 0 aromatic heterocycles. The second kappa shape index (κ2) is 8.89. The normalized spacial score (nSPS) is 19.0. The second-order valence-corrected chi connectivity index (χ2v) is 6.49. The zero-order chi connectivity index (χ0) is 13.4. The van der Waals surface area contributed by atoms with E-state index in [0.717, 1.165) is 18.4 Å². The van der Waals surface area contributed by atoms with Gasteiger partial charge >= 0.3 is 0 Å². The first kappa shape index (κ1) is 15.9. The van der Waals surface area contributed by atoms with Crippen molar-refractivity contribution >= 4 is 0 Å². The highest BCUT2D eigenvalue weighted by atomic mass is 15.3. The van der Waals surface area contributed by atoms with Crippen LogP contribution in [0.1, 0.15) is 34.1 Å². The zero-order valence-electron chi connectivity index (χ0n) is 12.9. The molecule has 0 saturated carbocycles. The Morgan fingerprint density at radius 3 is 2.06 bits per heavy atom. The lowest BCUT2D eigenvalue weighted by Gasteiger charge is -2.35. The molecule has 0 spiro atoms. The van der Waals surface area contributed by atoms with Crippen LogP contribution in [-0.4, -0.2) is 62.2 Å². The van der Waals surface area contributed by atoms with Crippen molar-refractivity contribution in [3.8, 4) is 0 Å². The molecule has 1 heterocycles. The number of hydrogen-bond acceptors (Lipinski definition) is 3. The summed E-state index contributed by atoms with van der Waals surface area (Å²) in [7, 11) is 0. The van der Waals surface area contributed by atoms with E-state index in [1.165, 1.54) is 52.2 Å². The SMILES string of the molecule is CC(C)CNCCCN1CCN(CC(C)C)CC1. The third-order valence-corrected chi connectivity index (χ3v) is 3.47. The minimum Gasteiger partial charge on any atom is -0.316 e. The Morgan fingerprint density at radius 2 is 1.50 bits per heavy atom. The molecule has 0 unspecified atom stereocenters. The van der Waals surface area contributed by atoms with E-state index in [4.69, 9.17) is 0 Å². The molecule has 108 valence electrons. The molecule has 0 aromatic rings. The molecule has 1 N–H and O–H groups in total. The lowest BCUT2D eigenvalue weighted by Crippen LogP contribution is -2.47. The van der Waals surface area contributed by atoms with Crippen LogP contribution in [0.3, 0.4) is 0 Å². The molecule has 1 saturated heterocycles. The smallest absolute Gasteiger partial charge is 0.0110 e. The summed E-state index contributed by atoms with van der Waals surface area (Å²) in [6.07, 6.45) is 1.29. The van der Waals surface area contributed by atoms with E-state index in [9.17, 15) is 0 Å². The van der Waals surface area contributed by atoms with Crippen molar-refractivity contribution in [1.82, 2.24) is 15.1 Å². The van der Waals surface area contributed by atoms with Crippen LogP contribution in [0.2, 0.25) is 0 Å². The van der Waals surface area contributed by atoms with Crippen molar-refractivity contribution in [2.75, 3.05) is 52.4 Å². The maximum atomic E-state index is 3.52. The number of rotatable bonds is 8. The summed E-state index contributed by atoms with van der Waals surface area (Å²) in [5, 5.41) is 3.52. The molecule has 0 radical (unpaired) electrons. The highest BCUT2D eigenvalue weighted by Gasteiger charge is 2.16. The van der Waals surface area contributed by atoms with Crippen LogP contribution >= 0.6 is 0 Å². The van der Waals surface area contributed by atoms with Crippen molar-refractivity contribution in [3.05, 3.63) is 0 Å². The Balaban J connectivity index is 1.98. The predicted octanol–water partition coefficient (Wildman–Crippen LogP) is 1.90. The molecule has 0 aliphatic carbocycles. The zero-order valence-corrected chi connectivity index (χ0v) is 12.9. The third kappa shape index (κ3) is 7.34. The van der Waals surface area contributed by atoms with E-state index in [-0.39, 0.29) is 0 Å². The Kier molecular flexibility index (Phi) is 7.87. The maximum Gasteiger partial charge on any atom is 0.0110 e. The molecule has 0 amide bonds. The first-order valence-corrected chi connectivity index (χ1v) is 7.73. The average Bonchev–Trinajstić information content (AvgIpc) is 2.30. The molecule has 1 rings (SSSR count).